The molecule has 0 aliphatic carbocycles. The average Bonchev–Trinajstić information content (AvgIpc) is 3.12. The summed E-state index contributed by atoms with van der Waals surface area (Å²) >= 11 is 1.18. The van der Waals surface area contributed by atoms with Gasteiger partial charge in [0.2, 0.25) is 0 Å². The van der Waals surface area contributed by atoms with E-state index in [4.69, 9.17) is 9.47 Å². The van der Waals surface area contributed by atoms with Crippen LogP contribution in [0.5, 0.6) is 11.5 Å². The molecule has 0 spiro atoms. The lowest BCUT2D eigenvalue weighted by Gasteiger charge is -2.07. The van der Waals surface area contributed by atoms with Gasteiger partial charge in [0.25, 0.3) is 5.91 Å². The molecule has 1 amide bonds. The van der Waals surface area contributed by atoms with Crippen LogP contribution < -0.4 is 10.1 Å². The number of amides is 1. The number of esters is 1. The fourth-order valence-electron chi connectivity index (χ4n) is 2.20. The van der Waals surface area contributed by atoms with Crippen molar-refractivity contribution in [2.24, 2.45) is 0 Å². The molecule has 0 aliphatic rings. The third-order valence-corrected chi connectivity index (χ3v) is 4.40. The molecule has 5 nitrogen and oxygen atoms in total. The van der Waals surface area contributed by atoms with Crippen molar-refractivity contribution < 1.29 is 19.1 Å². The molecule has 1 aromatic heterocycles. The smallest absolute Gasteiger partial charge is 0.348 e. The number of hydrogen-bond donors (Lipinski definition) is 1. The second-order valence-electron chi connectivity index (χ2n) is 5.28. The summed E-state index contributed by atoms with van der Waals surface area (Å²) in [6.07, 6.45) is 0. The number of thiophene rings is 1. The van der Waals surface area contributed by atoms with E-state index in [0.717, 1.165) is 5.75 Å². The zero-order valence-corrected chi connectivity index (χ0v) is 14.9. The summed E-state index contributed by atoms with van der Waals surface area (Å²) < 4.78 is 10.6. The Balaban J connectivity index is 1.62. The van der Waals surface area contributed by atoms with Gasteiger partial charge in [-0.2, -0.15) is 0 Å². The Kier molecular flexibility index (Phi) is 5.66. The van der Waals surface area contributed by atoms with Crippen LogP contribution in [0.2, 0.25) is 0 Å². The predicted molar refractivity (Wildman–Crippen MR) is 101 cm³/mol. The van der Waals surface area contributed by atoms with Crippen molar-refractivity contribution in [3.8, 4) is 11.5 Å². The Labute approximate surface area is 155 Å². The highest BCUT2D eigenvalue weighted by molar-refractivity contribution is 7.18. The molecule has 3 aromatic rings. The SMILES string of the molecule is CCOC(=O)c1ccc(NC(=O)c2ccc(Oc3ccccc3)cc2)s1. The first-order valence-corrected chi connectivity index (χ1v) is 8.88. The van der Waals surface area contributed by atoms with Gasteiger partial charge in [-0.1, -0.05) is 18.2 Å². The molecule has 26 heavy (non-hydrogen) atoms. The highest BCUT2D eigenvalue weighted by Crippen LogP contribution is 2.24. The number of anilines is 1. The standard InChI is InChI=1S/C20H17NO4S/c1-2-24-20(23)17-12-13-18(26-17)21-19(22)14-8-10-16(11-9-14)25-15-6-4-3-5-7-15/h3-13H,2H2,1H3,(H,21,22). The minimum Gasteiger partial charge on any atom is -0.462 e. The van der Waals surface area contributed by atoms with Gasteiger partial charge in [0.15, 0.2) is 0 Å². The van der Waals surface area contributed by atoms with Gasteiger partial charge in [-0.15, -0.1) is 11.3 Å². The van der Waals surface area contributed by atoms with Gasteiger partial charge in [0.05, 0.1) is 11.6 Å². The molecule has 0 atom stereocenters. The van der Waals surface area contributed by atoms with Crippen LogP contribution in [0.1, 0.15) is 27.0 Å². The Hall–Kier alpha value is -3.12. The normalized spacial score (nSPS) is 10.2. The number of benzene rings is 2. The van der Waals surface area contributed by atoms with Crippen molar-refractivity contribution >= 4 is 28.2 Å². The van der Waals surface area contributed by atoms with Crippen LogP contribution in [0.15, 0.2) is 66.7 Å². The number of hydrogen-bond acceptors (Lipinski definition) is 5. The van der Waals surface area contributed by atoms with Gasteiger partial charge in [-0.05, 0) is 55.5 Å². The zero-order chi connectivity index (χ0) is 18.4. The van der Waals surface area contributed by atoms with E-state index >= 15 is 0 Å². The lowest BCUT2D eigenvalue weighted by molar-refractivity contribution is 0.0532. The first-order valence-electron chi connectivity index (χ1n) is 8.07. The summed E-state index contributed by atoms with van der Waals surface area (Å²) in [7, 11) is 0. The summed E-state index contributed by atoms with van der Waals surface area (Å²) in [6.45, 7) is 2.06. The number of carbonyl (C=O) groups is 2. The lowest BCUT2D eigenvalue weighted by atomic mass is 10.2. The van der Waals surface area contributed by atoms with Crippen molar-refractivity contribution in [2.75, 3.05) is 11.9 Å². The maximum Gasteiger partial charge on any atom is 0.348 e. The van der Waals surface area contributed by atoms with E-state index in [0.29, 0.717) is 27.8 Å². The van der Waals surface area contributed by atoms with Crippen molar-refractivity contribution in [1.29, 1.82) is 0 Å². The average molecular weight is 367 g/mol. The number of carbonyl (C=O) groups excluding carboxylic acids is 2. The molecule has 0 bridgehead atoms. The zero-order valence-electron chi connectivity index (χ0n) is 14.1. The van der Waals surface area contributed by atoms with Gasteiger partial charge in [-0.25, -0.2) is 4.79 Å². The molecule has 2 aromatic carbocycles. The fraction of sp³-hybridized carbons (Fsp3) is 0.100. The second kappa shape index (κ2) is 8.31. The highest BCUT2D eigenvalue weighted by Gasteiger charge is 2.12. The van der Waals surface area contributed by atoms with Crippen LogP contribution in [0.4, 0.5) is 5.00 Å². The molecule has 132 valence electrons. The van der Waals surface area contributed by atoms with Crippen LogP contribution >= 0.6 is 11.3 Å². The van der Waals surface area contributed by atoms with Crippen LogP contribution in [-0.2, 0) is 4.74 Å². The molecule has 1 N–H and O–H groups in total. The molecule has 0 saturated carbocycles. The first-order chi connectivity index (χ1) is 12.7. The van der Waals surface area contributed by atoms with Crippen molar-refractivity contribution in [3.05, 3.63) is 77.2 Å². The molecule has 0 unspecified atom stereocenters. The van der Waals surface area contributed by atoms with E-state index in [1.54, 1.807) is 43.3 Å². The summed E-state index contributed by atoms with van der Waals surface area (Å²) in [5, 5.41) is 3.36. The number of rotatable bonds is 6. The Bertz CT molecular complexity index is 888. The van der Waals surface area contributed by atoms with Crippen LogP contribution in [0.3, 0.4) is 0 Å². The van der Waals surface area contributed by atoms with E-state index in [1.165, 1.54) is 11.3 Å². The Morgan fingerprint density at radius 3 is 2.31 bits per heavy atom. The largest absolute Gasteiger partial charge is 0.462 e. The van der Waals surface area contributed by atoms with E-state index < -0.39 is 0 Å². The highest BCUT2D eigenvalue weighted by atomic mass is 32.1. The topological polar surface area (TPSA) is 64.6 Å². The molecular formula is C20H17NO4S. The lowest BCUT2D eigenvalue weighted by Crippen LogP contribution is -2.10. The molecule has 6 heteroatoms. The third-order valence-electron chi connectivity index (χ3n) is 3.41. The number of ether oxygens (including phenoxy) is 2. The summed E-state index contributed by atoms with van der Waals surface area (Å²) in [5.74, 6) is 0.734. The Morgan fingerprint density at radius 2 is 1.62 bits per heavy atom. The molecule has 0 saturated heterocycles. The third kappa shape index (κ3) is 4.49. The molecule has 3 rings (SSSR count). The predicted octanol–water partition coefficient (Wildman–Crippen LogP) is 4.97. The fourth-order valence-corrected chi connectivity index (χ4v) is 3.00. The van der Waals surface area contributed by atoms with Crippen molar-refractivity contribution in [3.63, 3.8) is 0 Å². The van der Waals surface area contributed by atoms with Crippen LogP contribution in [-0.4, -0.2) is 18.5 Å². The Morgan fingerprint density at radius 1 is 0.923 bits per heavy atom. The molecule has 0 radical (unpaired) electrons. The van der Waals surface area contributed by atoms with Gasteiger partial charge in [-0.3, -0.25) is 4.79 Å². The number of para-hydroxylation sites is 1. The van der Waals surface area contributed by atoms with Gasteiger partial charge in [0, 0.05) is 5.56 Å². The van der Waals surface area contributed by atoms with E-state index in [-0.39, 0.29) is 11.9 Å². The van der Waals surface area contributed by atoms with E-state index in [2.05, 4.69) is 5.32 Å². The molecule has 1 heterocycles. The summed E-state index contributed by atoms with van der Waals surface area (Å²) in [6, 6.07) is 19.6. The maximum absolute atomic E-state index is 12.3. The van der Waals surface area contributed by atoms with Crippen LogP contribution in [0, 0.1) is 0 Å². The van der Waals surface area contributed by atoms with Gasteiger partial charge in [0.1, 0.15) is 16.4 Å². The molecule has 0 aliphatic heterocycles. The quantitative estimate of drug-likeness (QED) is 0.625. The monoisotopic (exact) mass is 367 g/mol. The number of nitrogens with one attached hydrogen (secondary N) is 1. The van der Waals surface area contributed by atoms with E-state index in [9.17, 15) is 9.59 Å². The summed E-state index contributed by atoms with van der Waals surface area (Å²) in [5.41, 5.74) is 0.497. The molecular weight excluding hydrogens is 350 g/mol. The maximum atomic E-state index is 12.3. The summed E-state index contributed by atoms with van der Waals surface area (Å²) in [4.78, 5) is 24.4. The first kappa shape index (κ1) is 17.7. The van der Waals surface area contributed by atoms with Crippen molar-refractivity contribution in [1.82, 2.24) is 0 Å². The van der Waals surface area contributed by atoms with Gasteiger partial charge >= 0.3 is 5.97 Å². The van der Waals surface area contributed by atoms with Crippen LogP contribution in [0.25, 0.3) is 0 Å². The minimum atomic E-state index is -0.389. The van der Waals surface area contributed by atoms with Crippen molar-refractivity contribution in [2.45, 2.75) is 6.92 Å². The van der Waals surface area contributed by atoms with E-state index in [1.807, 2.05) is 30.3 Å². The molecule has 0 fully saturated rings. The second-order valence-corrected chi connectivity index (χ2v) is 6.36. The minimum absolute atomic E-state index is 0.256. The van der Waals surface area contributed by atoms with Gasteiger partial charge < -0.3 is 14.8 Å².